The lowest BCUT2D eigenvalue weighted by molar-refractivity contribution is 0.0952. The summed E-state index contributed by atoms with van der Waals surface area (Å²) < 4.78 is 1.46. The molecular weight excluding hydrogens is 252 g/mol. The number of aryl methyl sites for hydroxylation is 1. The van der Waals surface area contributed by atoms with Crippen molar-refractivity contribution in [3.05, 3.63) is 46.6 Å². The van der Waals surface area contributed by atoms with Crippen LogP contribution in [0.1, 0.15) is 15.9 Å². The molecule has 1 aromatic carbocycles. The molecule has 2 rings (SSSR count). The lowest BCUT2D eigenvalue weighted by atomic mass is 10.2. The normalized spacial score (nSPS) is 10.3. The first-order valence-electron chi connectivity index (χ1n) is 5.38. The quantitative estimate of drug-likeness (QED) is 0.884. The van der Waals surface area contributed by atoms with E-state index in [0.717, 1.165) is 5.56 Å². The molecule has 0 unspecified atom stereocenters. The molecule has 0 aliphatic heterocycles. The third-order valence-electron chi connectivity index (χ3n) is 2.60. The van der Waals surface area contributed by atoms with Crippen LogP contribution in [0.3, 0.4) is 0 Å². The van der Waals surface area contributed by atoms with Crippen LogP contribution in [0.5, 0.6) is 0 Å². The van der Waals surface area contributed by atoms with Gasteiger partial charge in [-0.1, -0.05) is 23.7 Å². The van der Waals surface area contributed by atoms with Crippen molar-refractivity contribution < 1.29 is 4.79 Å². The van der Waals surface area contributed by atoms with Gasteiger partial charge >= 0.3 is 0 Å². The van der Waals surface area contributed by atoms with Crippen LogP contribution in [0.25, 0.3) is 0 Å². The highest BCUT2D eigenvalue weighted by molar-refractivity contribution is 6.30. The van der Waals surface area contributed by atoms with Gasteiger partial charge < -0.3 is 11.1 Å². The number of nitrogens with one attached hydrogen (secondary N) is 1. The Kier molecular flexibility index (Phi) is 3.53. The van der Waals surface area contributed by atoms with Crippen LogP contribution in [0.2, 0.25) is 5.02 Å². The second-order valence-electron chi connectivity index (χ2n) is 3.88. The summed E-state index contributed by atoms with van der Waals surface area (Å²) in [5.41, 5.74) is 7.06. The Bertz CT molecular complexity index is 562. The molecule has 0 spiro atoms. The Morgan fingerprint density at radius 1 is 1.44 bits per heavy atom. The van der Waals surface area contributed by atoms with Gasteiger partial charge in [0.05, 0.1) is 6.20 Å². The van der Waals surface area contributed by atoms with E-state index in [4.69, 9.17) is 17.3 Å². The Balaban J connectivity index is 2.00. The monoisotopic (exact) mass is 264 g/mol. The number of anilines is 1. The molecule has 1 heterocycles. The molecular formula is C12H13ClN4O. The lowest BCUT2D eigenvalue weighted by Gasteiger charge is -2.05. The van der Waals surface area contributed by atoms with Crippen molar-refractivity contribution in [1.29, 1.82) is 0 Å². The zero-order valence-corrected chi connectivity index (χ0v) is 10.6. The number of nitrogen functional groups attached to an aromatic ring is 1. The summed E-state index contributed by atoms with van der Waals surface area (Å²) in [6, 6.07) is 7.27. The topological polar surface area (TPSA) is 72.9 Å². The molecule has 0 radical (unpaired) electrons. The van der Waals surface area contributed by atoms with Gasteiger partial charge in [-0.2, -0.15) is 5.10 Å². The summed E-state index contributed by atoms with van der Waals surface area (Å²) in [4.78, 5) is 11.8. The number of nitrogens with two attached hydrogens (primary N) is 1. The zero-order valence-electron chi connectivity index (χ0n) is 9.85. The molecule has 0 fully saturated rings. The fourth-order valence-electron chi connectivity index (χ4n) is 1.50. The molecule has 0 aliphatic rings. The van der Waals surface area contributed by atoms with Crippen molar-refractivity contribution in [3.8, 4) is 0 Å². The number of carbonyl (C=O) groups is 1. The molecule has 1 aromatic heterocycles. The molecule has 2 aromatic rings. The van der Waals surface area contributed by atoms with Crippen molar-refractivity contribution in [3.63, 3.8) is 0 Å². The highest BCUT2D eigenvalue weighted by Crippen LogP contribution is 2.11. The van der Waals surface area contributed by atoms with Crippen LogP contribution in [0.4, 0.5) is 5.82 Å². The van der Waals surface area contributed by atoms with Gasteiger partial charge in [0.1, 0.15) is 11.4 Å². The Morgan fingerprint density at radius 2 is 2.11 bits per heavy atom. The smallest absolute Gasteiger partial charge is 0.256 e. The van der Waals surface area contributed by atoms with Crippen LogP contribution in [0, 0.1) is 0 Å². The van der Waals surface area contributed by atoms with E-state index < -0.39 is 0 Å². The van der Waals surface area contributed by atoms with E-state index in [-0.39, 0.29) is 5.91 Å². The van der Waals surface area contributed by atoms with E-state index >= 15 is 0 Å². The van der Waals surface area contributed by atoms with E-state index in [9.17, 15) is 4.79 Å². The van der Waals surface area contributed by atoms with Gasteiger partial charge in [-0.05, 0) is 17.7 Å². The van der Waals surface area contributed by atoms with Gasteiger partial charge in [0.2, 0.25) is 0 Å². The van der Waals surface area contributed by atoms with E-state index in [1.165, 1.54) is 10.9 Å². The van der Waals surface area contributed by atoms with Crippen molar-refractivity contribution in [1.82, 2.24) is 15.1 Å². The van der Waals surface area contributed by atoms with Crippen molar-refractivity contribution >= 4 is 23.3 Å². The van der Waals surface area contributed by atoms with Gasteiger partial charge in [0.25, 0.3) is 5.91 Å². The SMILES string of the molecule is Cn1ncc(C(=O)NCc2ccc(Cl)cc2)c1N. The summed E-state index contributed by atoms with van der Waals surface area (Å²) in [7, 11) is 1.69. The predicted molar refractivity (Wildman–Crippen MR) is 70.2 cm³/mol. The largest absolute Gasteiger partial charge is 0.383 e. The van der Waals surface area contributed by atoms with Gasteiger partial charge in [-0.15, -0.1) is 0 Å². The van der Waals surface area contributed by atoms with Crippen LogP contribution in [-0.4, -0.2) is 15.7 Å². The fraction of sp³-hybridized carbons (Fsp3) is 0.167. The maximum atomic E-state index is 11.8. The number of benzene rings is 1. The molecule has 0 atom stereocenters. The molecule has 1 amide bonds. The number of hydrogen-bond donors (Lipinski definition) is 2. The molecule has 94 valence electrons. The van der Waals surface area contributed by atoms with Gasteiger partial charge in [-0.3, -0.25) is 9.48 Å². The van der Waals surface area contributed by atoms with Crippen LogP contribution < -0.4 is 11.1 Å². The number of rotatable bonds is 3. The minimum atomic E-state index is -0.240. The Labute approximate surface area is 110 Å². The average Bonchev–Trinajstić information content (AvgIpc) is 2.69. The number of carbonyl (C=O) groups excluding carboxylic acids is 1. The number of hydrogen-bond acceptors (Lipinski definition) is 3. The van der Waals surface area contributed by atoms with Gasteiger partial charge in [-0.25, -0.2) is 0 Å². The molecule has 6 heteroatoms. The predicted octanol–water partition coefficient (Wildman–Crippen LogP) is 1.59. The van der Waals surface area contributed by atoms with E-state index in [2.05, 4.69) is 10.4 Å². The molecule has 0 aliphatic carbocycles. The molecule has 5 nitrogen and oxygen atoms in total. The number of aromatic nitrogens is 2. The minimum Gasteiger partial charge on any atom is -0.383 e. The third kappa shape index (κ3) is 2.62. The Hall–Kier alpha value is -2.01. The third-order valence-corrected chi connectivity index (χ3v) is 2.85. The van der Waals surface area contributed by atoms with Crippen molar-refractivity contribution in [2.75, 3.05) is 5.73 Å². The molecule has 3 N–H and O–H groups in total. The standard InChI is InChI=1S/C12H13ClN4O/c1-17-11(14)10(7-16-17)12(18)15-6-8-2-4-9(13)5-3-8/h2-5,7H,6,14H2,1H3,(H,15,18). The first-order valence-corrected chi connectivity index (χ1v) is 5.76. The van der Waals surface area contributed by atoms with E-state index in [0.29, 0.717) is 22.9 Å². The second kappa shape index (κ2) is 5.10. The van der Waals surface area contributed by atoms with Crippen LogP contribution in [0.15, 0.2) is 30.5 Å². The van der Waals surface area contributed by atoms with Gasteiger partial charge in [0.15, 0.2) is 0 Å². The molecule has 0 bridgehead atoms. The van der Waals surface area contributed by atoms with Crippen molar-refractivity contribution in [2.45, 2.75) is 6.54 Å². The minimum absolute atomic E-state index is 0.240. The van der Waals surface area contributed by atoms with Crippen LogP contribution in [-0.2, 0) is 13.6 Å². The summed E-state index contributed by atoms with van der Waals surface area (Å²) in [5.74, 6) is 0.110. The second-order valence-corrected chi connectivity index (χ2v) is 4.31. The molecule has 0 saturated heterocycles. The average molecular weight is 265 g/mol. The maximum absolute atomic E-state index is 11.8. The number of halogens is 1. The first kappa shape index (κ1) is 12.4. The maximum Gasteiger partial charge on any atom is 0.256 e. The highest BCUT2D eigenvalue weighted by atomic mass is 35.5. The van der Waals surface area contributed by atoms with E-state index in [1.807, 2.05) is 12.1 Å². The molecule has 18 heavy (non-hydrogen) atoms. The van der Waals surface area contributed by atoms with Crippen molar-refractivity contribution in [2.24, 2.45) is 7.05 Å². The Morgan fingerprint density at radius 3 is 2.67 bits per heavy atom. The van der Waals surface area contributed by atoms with E-state index in [1.54, 1.807) is 19.2 Å². The van der Waals surface area contributed by atoms with Crippen LogP contribution >= 0.6 is 11.6 Å². The fourth-order valence-corrected chi connectivity index (χ4v) is 1.63. The zero-order chi connectivity index (χ0) is 13.1. The highest BCUT2D eigenvalue weighted by Gasteiger charge is 2.12. The first-order chi connectivity index (χ1) is 8.58. The summed E-state index contributed by atoms with van der Waals surface area (Å²) in [6.07, 6.45) is 1.45. The summed E-state index contributed by atoms with van der Waals surface area (Å²) in [6.45, 7) is 0.421. The summed E-state index contributed by atoms with van der Waals surface area (Å²) >= 11 is 5.78. The number of nitrogens with zero attached hydrogens (tertiary/aromatic N) is 2. The lowest BCUT2D eigenvalue weighted by Crippen LogP contribution is -2.23. The number of amides is 1. The summed E-state index contributed by atoms with van der Waals surface area (Å²) in [5, 5.41) is 7.36. The molecule has 0 saturated carbocycles. The van der Waals surface area contributed by atoms with Gasteiger partial charge in [0, 0.05) is 18.6 Å².